The van der Waals surface area contributed by atoms with Gasteiger partial charge in [0.05, 0.1) is 11.5 Å². The first-order chi connectivity index (χ1) is 12.4. The number of hydrogen-bond donors (Lipinski definition) is 1. The maximum absolute atomic E-state index is 13.0. The van der Waals surface area contributed by atoms with E-state index in [0.29, 0.717) is 23.4 Å². The Morgan fingerprint density at radius 1 is 1.12 bits per heavy atom. The van der Waals surface area contributed by atoms with Gasteiger partial charge in [-0.15, -0.1) is 0 Å². The average molecular weight is 380 g/mol. The van der Waals surface area contributed by atoms with Crippen molar-refractivity contribution in [3.63, 3.8) is 0 Å². The number of nitrogens with one attached hydrogen (secondary N) is 1. The molecule has 0 bridgehead atoms. The van der Waals surface area contributed by atoms with Crippen molar-refractivity contribution < 1.29 is 18.0 Å². The minimum Gasteiger partial charge on any atom is -0.349 e. The predicted octanol–water partition coefficient (Wildman–Crippen LogP) is 5.08. The van der Waals surface area contributed by atoms with Crippen LogP contribution >= 0.6 is 11.8 Å². The number of pyridine rings is 1. The summed E-state index contributed by atoms with van der Waals surface area (Å²) in [5.41, 5.74) is 0.385. The van der Waals surface area contributed by atoms with Crippen LogP contribution in [0.1, 0.15) is 36.0 Å². The summed E-state index contributed by atoms with van der Waals surface area (Å²) < 4.78 is 38.9. The van der Waals surface area contributed by atoms with E-state index in [1.807, 2.05) is 30.3 Å². The maximum Gasteiger partial charge on any atom is 0.391 e. The Morgan fingerprint density at radius 2 is 1.88 bits per heavy atom. The van der Waals surface area contributed by atoms with Crippen LogP contribution in [0.25, 0.3) is 0 Å². The molecule has 1 saturated carbocycles. The highest BCUT2D eigenvalue weighted by Crippen LogP contribution is 2.37. The van der Waals surface area contributed by atoms with Crippen molar-refractivity contribution in [3.05, 3.63) is 54.2 Å². The lowest BCUT2D eigenvalue weighted by molar-refractivity contribution is -0.183. The molecule has 0 radical (unpaired) electrons. The molecule has 2 aromatic rings. The Labute approximate surface area is 154 Å². The quantitative estimate of drug-likeness (QED) is 0.804. The molecule has 1 aromatic heterocycles. The van der Waals surface area contributed by atoms with Gasteiger partial charge in [-0.05, 0) is 43.5 Å². The van der Waals surface area contributed by atoms with Gasteiger partial charge in [-0.1, -0.05) is 36.4 Å². The molecule has 2 atom stereocenters. The molecule has 138 valence electrons. The van der Waals surface area contributed by atoms with Crippen molar-refractivity contribution in [2.24, 2.45) is 5.92 Å². The van der Waals surface area contributed by atoms with Gasteiger partial charge >= 0.3 is 6.18 Å². The van der Waals surface area contributed by atoms with Crippen LogP contribution < -0.4 is 5.32 Å². The van der Waals surface area contributed by atoms with Gasteiger partial charge < -0.3 is 5.32 Å². The summed E-state index contributed by atoms with van der Waals surface area (Å²) in [6.45, 7) is 0. The summed E-state index contributed by atoms with van der Waals surface area (Å²) in [5, 5.41) is 3.31. The van der Waals surface area contributed by atoms with Crippen LogP contribution in [0.3, 0.4) is 0 Å². The second-order valence-corrected chi connectivity index (χ2v) is 7.41. The number of carbonyl (C=O) groups excluding carboxylic acids is 1. The number of aromatic nitrogens is 1. The first kappa shape index (κ1) is 18.8. The minimum atomic E-state index is -4.20. The summed E-state index contributed by atoms with van der Waals surface area (Å²) >= 11 is 1.36. The van der Waals surface area contributed by atoms with Gasteiger partial charge in [0, 0.05) is 17.1 Å². The molecular weight excluding hydrogens is 361 g/mol. The lowest BCUT2D eigenvalue weighted by atomic mass is 9.85. The van der Waals surface area contributed by atoms with Gasteiger partial charge in [0.2, 0.25) is 0 Å². The molecule has 26 heavy (non-hydrogen) atoms. The molecule has 3 rings (SSSR count). The fourth-order valence-corrected chi connectivity index (χ4v) is 4.03. The third-order valence-corrected chi connectivity index (χ3v) is 5.47. The number of alkyl halides is 3. The molecule has 1 aliphatic rings. The smallest absolute Gasteiger partial charge is 0.349 e. The molecule has 1 amide bonds. The lowest BCUT2D eigenvalue weighted by Crippen LogP contribution is -2.41. The predicted molar refractivity (Wildman–Crippen MR) is 94.1 cm³/mol. The van der Waals surface area contributed by atoms with Gasteiger partial charge in [-0.2, -0.15) is 13.2 Å². The normalized spacial score (nSPS) is 20.6. The number of nitrogens with zero attached hydrogens (tertiary/aromatic N) is 1. The zero-order valence-electron chi connectivity index (χ0n) is 14.0. The zero-order chi connectivity index (χ0) is 18.6. The van der Waals surface area contributed by atoms with Crippen LogP contribution in [-0.2, 0) is 0 Å². The van der Waals surface area contributed by atoms with Crippen molar-refractivity contribution in [3.8, 4) is 0 Å². The van der Waals surface area contributed by atoms with Crippen molar-refractivity contribution in [2.75, 3.05) is 0 Å². The van der Waals surface area contributed by atoms with Crippen molar-refractivity contribution >= 4 is 17.7 Å². The Bertz CT molecular complexity index is 752. The molecule has 1 heterocycles. The number of amides is 1. The van der Waals surface area contributed by atoms with E-state index in [9.17, 15) is 18.0 Å². The van der Waals surface area contributed by atoms with Crippen LogP contribution in [0.15, 0.2) is 58.6 Å². The van der Waals surface area contributed by atoms with Gasteiger partial charge in [0.25, 0.3) is 5.91 Å². The summed E-state index contributed by atoms with van der Waals surface area (Å²) in [4.78, 5) is 17.8. The van der Waals surface area contributed by atoms with Gasteiger partial charge in [0.1, 0.15) is 5.03 Å². The average Bonchev–Trinajstić information content (AvgIpc) is 2.62. The van der Waals surface area contributed by atoms with Crippen molar-refractivity contribution in [1.82, 2.24) is 10.3 Å². The van der Waals surface area contributed by atoms with E-state index in [2.05, 4.69) is 10.3 Å². The molecular formula is C19H19F3N2OS. The fraction of sp³-hybridized carbons (Fsp3) is 0.368. The van der Waals surface area contributed by atoms with E-state index >= 15 is 0 Å². The molecule has 7 heteroatoms. The molecule has 0 aliphatic heterocycles. The summed E-state index contributed by atoms with van der Waals surface area (Å²) in [7, 11) is 0. The van der Waals surface area contributed by atoms with Gasteiger partial charge in [-0.3, -0.25) is 4.79 Å². The SMILES string of the molecule is O=C(N[C@@H]1CCC[C@H](C(F)(F)F)C1)c1cccnc1Sc1ccccc1. The summed E-state index contributed by atoms with van der Waals surface area (Å²) in [5.74, 6) is -1.71. The third-order valence-electron chi connectivity index (χ3n) is 4.45. The van der Waals surface area contributed by atoms with Crippen molar-refractivity contribution in [2.45, 2.75) is 47.8 Å². The summed E-state index contributed by atoms with van der Waals surface area (Å²) in [6.07, 6.45) is -1.49. The third kappa shape index (κ3) is 4.78. The molecule has 1 fully saturated rings. The number of rotatable bonds is 4. The molecule has 0 saturated heterocycles. The maximum atomic E-state index is 13.0. The topological polar surface area (TPSA) is 42.0 Å². The number of halogens is 3. The largest absolute Gasteiger partial charge is 0.391 e. The standard InChI is InChI=1S/C19H19F3N2OS/c20-19(21,22)13-6-4-7-14(12-13)24-17(25)16-10-5-11-23-18(16)26-15-8-2-1-3-9-15/h1-3,5,8-11,13-14H,4,6-7,12H2,(H,24,25)/t13-,14+/m0/s1. The fourth-order valence-electron chi connectivity index (χ4n) is 3.13. The minimum absolute atomic E-state index is 0.0589. The first-order valence-corrected chi connectivity index (χ1v) is 9.30. The number of hydrogen-bond acceptors (Lipinski definition) is 3. The highest BCUT2D eigenvalue weighted by Gasteiger charge is 2.42. The van der Waals surface area contributed by atoms with Crippen molar-refractivity contribution in [1.29, 1.82) is 0 Å². The van der Waals surface area contributed by atoms with Crippen LogP contribution in [0.4, 0.5) is 13.2 Å². The number of benzene rings is 1. The van der Waals surface area contributed by atoms with E-state index in [-0.39, 0.29) is 18.7 Å². The first-order valence-electron chi connectivity index (χ1n) is 8.49. The van der Waals surface area contributed by atoms with Crippen LogP contribution in [-0.4, -0.2) is 23.1 Å². The Kier molecular flexibility index (Phi) is 5.86. The number of carbonyl (C=O) groups is 1. The van der Waals surface area contributed by atoms with E-state index in [1.165, 1.54) is 11.8 Å². The molecule has 3 nitrogen and oxygen atoms in total. The second-order valence-electron chi connectivity index (χ2n) is 6.35. The van der Waals surface area contributed by atoms with Crippen LogP contribution in [0.2, 0.25) is 0 Å². The monoisotopic (exact) mass is 380 g/mol. The van der Waals surface area contributed by atoms with Crippen LogP contribution in [0, 0.1) is 5.92 Å². The van der Waals surface area contributed by atoms with Gasteiger partial charge in [-0.25, -0.2) is 4.98 Å². The van der Waals surface area contributed by atoms with E-state index in [1.54, 1.807) is 18.3 Å². The highest BCUT2D eigenvalue weighted by molar-refractivity contribution is 7.99. The highest BCUT2D eigenvalue weighted by atomic mass is 32.2. The van der Waals surface area contributed by atoms with E-state index < -0.39 is 18.1 Å². The summed E-state index contributed by atoms with van der Waals surface area (Å²) in [6, 6.07) is 12.4. The van der Waals surface area contributed by atoms with Crippen LogP contribution in [0.5, 0.6) is 0 Å². The van der Waals surface area contributed by atoms with Gasteiger partial charge in [0.15, 0.2) is 0 Å². The molecule has 0 spiro atoms. The van der Waals surface area contributed by atoms with E-state index in [4.69, 9.17) is 0 Å². The molecule has 0 unspecified atom stereocenters. The Morgan fingerprint density at radius 3 is 2.62 bits per heavy atom. The Balaban J connectivity index is 1.70. The molecule has 1 aromatic carbocycles. The van der Waals surface area contributed by atoms with E-state index in [0.717, 1.165) is 4.90 Å². The molecule has 1 N–H and O–H groups in total. The second kappa shape index (κ2) is 8.12. The zero-order valence-corrected chi connectivity index (χ0v) is 14.8. The Hall–Kier alpha value is -2.02. The molecule has 1 aliphatic carbocycles. The lowest BCUT2D eigenvalue weighted by Gasteiger charge is -2.31.